The first kappa shape index (κ1) is 12.2. The van der Waals surface area contributed by atoms with Crippen molar-refractivity contribution in [2.45, 2.75) is 19.9 Å². The van der Waals surface area contributed by atoms with E-state index < -0.39 is 0 Å². The standard InChI is InChI=1S/C13H16N4O/c1-2-10-5-3-4-6-11(10)15-13(18)9-17-8-7-12(14)16-17/h3-8H,2,9H2,1H3,(H2,14,16)(H,15,18). The van der Waals surface area contributed by atoms with Gasteiger partial charge in [0.05, 0.1) is 0 Å². The van der Waals surface area contributed by atoms with Crippen molar-refractivity contribution in [1.82, 2.24) is 9.78 Å². The van der Waals surface area contributed by atoms with Crippen molar-refractivity contribution >= 4 is 17.4 Å². The minimum atomic E-state index is -0.112. The van der Waals surface area contributed by atoms with Crippen molar-refractivity contribution < 1.29 is 4.79 Å². The van der Waals surface area contributed by atoms with Gasteiger partial charge in [-0.05, 0) is 24.1 Å². The number of nitrogens with one attached hydrogen (secondary N) is 1. The molecule has 2 rings (SSSR count). The number of hydrogen-bond donors (Lipinski definition) is 2. The van der Waals surface area contributed by atoms with Gasteiger partial charge in [0.15, 0.2) is 0 Å². The minimum absolute atomic E-state index is 0.112. The van der Waals surface area contributed by atoms with Crippen LogP contribution in [-0.2, 0) is 17.8 Å². The second kappa shape index (κ2) is 5.35. The summed E-state index contributed by atoms with van der Waals surface area (Å²) in [6.07, 6.45) is 2.56. The average molecular weight is 244 g/mol. The molecule has 0 saturated heterocycles. The number of hydrogen-bond acceptors (Lipinski definition) is 3. The molecule has 0 saturated carbocycles. The van der Waals surface area contributed by atoms with Crippen LogP contribution in [0.25, 0.3) is 0 Å². The lowest BCUT2D eigenvalue weighted by molar-refractivity contribution is -0.116. The fourth-order valence-corrected chi connectivity index (χ4v) is 1.75. The molecule has 0 bridgehead atoms. The molecule has 1 aromatic carbocycles. The summed E-state index contributed by atoms with van der Waals surface area (Å²) < 4.78 is 1.51. The smallest absolute Gasteiger partial charge is 0.246 e. The number of aromatic nitrogens is 2. The molecule has 1 aromatic heterocycles. The maximum atomic E-state index is 11.8. The van der Waals surface area contributed by atoms with Crippen LogP contribution >= 0.6 is 0 Å². The molecular formula is C13H16N4O. The predicted molar refractivity (Wildman–Crippen MR) is 71.1 cm³/mol. The van der Waals surface area contributed by atoms with Crippen molar-refractivity contribution in [3.05, 3.63) is 42.1 Å². The van der Waals surface area contributed by atoms with Gasteiger partial charge in [-0.2, -0.15) is 5.10 Å². The van der Waals surface area contributed by atoms with Crippen LogP contribution in [0.3, 0.4) is 0 Å². The van der Waals surface area contributed by atoms with E-state index in [1.807, 2.05) is 24.3 Å². The molecule has 1 amide bonds. The highest BCUT2D eigenvalue weighted by atomic mass is 16.2. The van der Waals surface area contributed by atoms with E-state index in [1.165, 1.54) is 4.68 Å². The van der Waals surface area contributed by atoms with E-state index in [9.17, 15) is 4.79 Å². The molecule has 2 aromatic rings. The van der Waals surface area contributed by atoms with Gasteiger partial charge in [0.2, 0.25) is 5.91 Å². The largest absolute Gasteiger partial charge is 0.382 e. The molecule has 0 aliphatic carbocycles. The number of amides is 1. The Balaban J connectivity index is 2.03. The summed E-state index contributed by atoms with van der Waals surface area (Å²) in [6, 6.07) is 9.42. The monoisotopic (exact) mass is 244 g/mol. The summed E-state index contributed by atoms with van der Waals surface area (Å²) >= 11 is 0. The highest BCUT2D eigenvalue weighted by Gasteiger charge is 2.06. The first-order valence-corrected chi connectivity index (χ1v) is 5.85. The Morgan fingerprint density at radius 2 is 2.17 bits per heavy atom. The van der Waals surface area contributed by atoms with Crippen LogP contribution in [0.5, 0.6) is 0 Å². The van der Waals surface area contributed by atoms with Crippen molar-refractivity contribution in [2.75, 3.05) is 11.1 Å². The Labute approximate surface area is 106 Å². The lowest BCUT2D eigenvalue weighted by atomic mass is 10.1. The van der Waals surface area contributed by atoms with Crippen molar-refractivity contribution in [3.8, 4) is 0 Å². The van der Waals surface area contributed by atoms with Crippen molar-refractivity contribution in [3.63, 3.8) is 0 Å². The zero-order valence-corrected chi connectivity index (χ0v) is 10.3. The Bertz CT molecular complexity index is 547. The van der Waals surface area contributed by atoms with Gasteiger partial charge < -0.3 is 11.1 Å². The fraction of sp³-hybridized carbons (Fsp3) is 0.231. The molecule has 94 valence electrons. The second-order valence-electron chi connectivity index (χ2n) is 4.00. The van der Waals surface area contributed by atoms with Crippen LogP contribution in [0.4, 0.5) is 11.5 Å². The first-order chi connectivity index (χ1) is 8.69. The zero-order valence-electron chi connectivity index (χ0n) is 10.3. The molecule has 0 spiro atoms. The van der Waals surface area contributed by atoms with Gasteiger partial charge in [-0.25, -0.2) is 0 Å². The third-order valence-corrected chi connectivity index (χ3v) is 2.64. The van der Waals surface area contributed by atoms with Crippen molar-refractivity contribution in [1.29, 1.82) is 0 Å². The Morgan fingerprint density at radius 3 is 2.83 bits per heavy atom. The summed E-state index contributed by atoms with van der Waals surface area (Å²) in [5.74, 6) is 0.302. The van der Waals surface area contributed by atoms with E-state index in [2.05, 4.69) is 17.3 Å². The van der Waals surface area contributed by atoms with Crippen LogP contribution in [0.2, 0.25) is 0 Å². The van der Waals surface area contributed by atoms with Crippen molar-refractivity contribution in [2.24, 2.45) is 0 Å². The lowest BCUT2D eigenvalue weighted by Gasteiger charge is -2.09. The van der Waals surface area contributed by atoms with Gasteiger partial charge >= 0.3 is 0 Å². The first-order valence-electron chi connectivity index (χ1n) is 5.85. The molecule has 0 unspecified atom stereocenters. The summed E-state index contributed by atoms with van der Waals surface area (Å²) in [5.41, 5.74) is 7.46. The van der Waals surface area contributed by atoms with Gasteiger partial charge in [-0.15, -0.1) is 0 Å². The van der Waals surface area contributed by atoms with Gasteiger partial charge in [0, 0.05) is 11.9 Å². The van der Waals surface area contributed by atoms with Gasteiger partial charge in [0.1, 0.15) is 12.4 Å². The Morgan fingerprint density at radius 1 is 1.39 bits per heavy atom. The minimum Gasteiger partial charge on any atom is -0.382 e. The van der Waals surface area contributed by atoms with E-state index >= 15 is 0 Å². The van der Waals surface area contributed by atoms with E-state index in [4.69, 9.17) is 5.73 Å². The molecule has 0 radical (unpaired) electrons. The molecule has 3 N–H and O–H groups in total. The van der Waals surface area contributed by atoms with E-state index in [0.29, 0.717) is 5.82 Å². The Kier molecular flexibility index (Phi) is 3.62. The highest BCUT2D eigenvalue weighted by molar-refractivity contribution is 5.91. The number of carbonyl (C=O) groups is 1. The number of anilines is 2. The summed E-state index contributed by atoms with van der Waals surface area (Å²) in [4.78, 5) is 11.8. The van der Waals surface area contributed by atoms with E-state index in [1.54, 1.807) is 12.3 Å². The Hall–Kier alpha value is -2.30. The second-order valence-corrected chi connectivity index (χ2v) is 4.00. The number of carbonyl (C=O) groups excluding carboxylic acids is 1. The van der Waals surface area contributed by atoms with Crippen LogP contribution in [0, 0.1) is 0 Å². The molecule has 0 fully saturated rings. The SMILES string of the molecule is CCc1ccccc1NC(=O)Cn1ccc(N)n1. The summed E-state index contributed by atoms with van der Waals surface area (Å²) in [5, 5.41) is 6.85. The van der Waals surface area contributed by atoms with E-state index in [-0.39, 0.29) is 12.5 Å². The van der Waals surface area contributed by atoms with Gasteiger partial charge in [0.25, 0.3) is 0 Å². The summed E-state index contributed by atoms with van der Waals surface area (Å²) in [6.45, 7) is 2.22. The topological polar surface area (TPSA) is 72.9 Å². The zero-order chi connectivity index (χ0) is 13.0. The molecule has 1 heterocycles. The number of nitrogens with two attached hydrogens (primary N) is 1. The fourth-order valence-electron chi connectivity index (χ4n) is 1.75. The molecule has 5 nitrogen and oxygen atoms in total. The maximum Gasteiger partial charge on any atom is 0.246 e. The lowest BCUT2D eigenvalue weighted by Crippen LogP contribution is -2.19. The number of benzene rings is 1. The van der Waals surface area contributed by atoms with Gasteiger partial charge in [-0.3, -0.25) is 9.48 Å². The quantitative estimate of drug-likeness (QED) is 0.859. The number of aryl methyl sites for hydroxylation is 1. The van der Waals surface area contributed by atoms with E-state index in [0.717, 1.165) is 17.7 Å². The van der Waals surface area contributed by atoms with Crippen LogP contribution in [0.15, 0.2) is 36.5 Å². The molecule has 0 atom stereocenters. The molecular weight excluding hydrogens is 228 g/mol. The normalized spacial score (nSPS) is 10.3. The van der Waals surface area contributed by atoms with Gasteiger partial charge in [-0.1, -0.05) is 25.1 Å². The molecule has 0 aliphatic rings. The van der Waals surface area contributed by atoms with Crippen LogP contribution in [0.1, 0.15) is 12.5 Å². The average Bonchev–Trinajstić information content (AvgIpc) is 2.75. The molecule has 18 heavy (non-hydrogen) atoms. The number of nitrogens with zero attached hydrogens (tertiary/aromatic N) is 2. The van der Waals surface area contributed by atoms with Crippen LogP contribution < -0.4 is 11.1 Å². The maximum absolute atomic E-state index is 11.8. The third-order valence-electron chi connectivity index (χ3n) is 2.64. The highest BCUT2D eigenvalue weighted by Crippen LogP contribution is 2.15. The number of rotatable bonds is 4. The summed E-state index contributed by atoms with van der Waals surface area (Å²) in [7, 11) is 0. The van der Waals surface area contributed by atoms with Crippen LogP contribution in [-0.4, -0.2) is 15.7 Å². The number of para-hydroxylation sites is 1. The third kappa shape index (κ3) is 2.88. The molecule has 0 aliphatic heterocycles. The number of nitrogen functional groups attached to an aromatic ring is 1. The molecule has 5 heteroatoms. The predicted octanol–water partition coefficient (Wildman–Crippen LogP) is 1.67.